The number of unbranched alkanes of at least 4 members (excludes halogenated alkanes) is 1. The van der Waals surface area contributed by atoms with Crippen LogP contribution in [0.15, 0.2) is 66.3 Å². The van der Waals surface area contributed by atoms with E-state index in [2.05, 4.69) is 115 Å². The quantitative estimate of drug-likeness (QED) is 0.211. The molecule has 2 rings (SSSR count). The molecule has 1 amide bonds. The van der Waals surface area contributed by atoms with Crippen molar-refractivity contribution in [2.24, 2.45) is 5.92 Å². The SMILES string of the molecule is CCN(CC)CCNC(=O)CCCC[C@H](CCSCC1=CC=CC=C[C@H]1C)SCc1ccccc1. The minimum Gasteiger partial charge on any atom is -0.355 e. The van der Waals surface area contributed by atoms with E-state index in [1.807, 2.05) is 0 Å². The van der Waals surface area contributed by atoms with Gasteiger partial charge in [0.1, 0.15) is 0 Å². The number of allylic oxidation sites excluding steroid dienone is 5. The molecule has 35 heavy (non-hydrogen) atoms. The Kier molecular flexibility index (Phi) is 16.0. The van der Waals surface area contributed by atoms with Gasteiger partial charge in [0.05, 0.1) is 0 Å². The van der Waals surface area contributed by atoms with Crippen LogP contribution in [0, 0.1) is 5.92 Å². The Bertz CT molecular complexity index is 787. The maximum Gasteiger partial charge on any atom is 0.220 e. The molecule has 1 aromatic carbocycles. The van der Waals surface area contributed by atoms with Crippen molar-refractivity contribution >= 4 is 29.4 Å². The van der Waals surface area contributed by atoms with Gasteiger partial charge in [-0.05, 0) is 49.6 Å². The Morgan fingerprint density at radius 2 is 1.83 bits per heavy atom. The third-order valence-corrected chi connectivity index (χ3v) is 9.03. The lowest BCUT2D eigenvalue weighted by Crippen LogP contribution is -2.34. The van der Waals surface area contributed by atoms with E-state index in [0.29, 0.717) is 17.6 Å². The second-order valence-electron chi connectivity index (χ2n) is 9.18. The van der Waals surface area contributed by atoms with Gasteiger partial charge < -0.3 is 10.2 Å². The molecular weight excluding hydrogens is 468 g/mol. The van der Waals surface area contributed by atoms with E-state index in [-0.39, 0.29) is 5.91 Å². The zero-order valence-corrected chi connectivity index (χ0v) is 23.7. The molecule has 0 unspecified atom stereocenters. The predicted molar refractivity (Wildman–Crippen MR) is 158 cm³/mol. The highest BCUT2D eigenvalue weighted by Crippen LogP contribution is 2.28. The number of nitrogens with zero attached hydrogens (tertiary/aromatic N) is 1. The summed E-state index contributed by atoms with van der Waals surface area (Å²) in [6.45, 7) is 10.4. The van der Waals surface area contributed by atoms with E-state index in [1.165, 1.54) is 29.7 Å². The second kappa shape index (κ2) is 18.8. The van der Waals surface area contributed by atoms with Gasteiger partial charge in [-0.3, -0.25) is 4.79 Å². The summed E-state index contributed by atoms with van der Waals surface area (Å²) in [5.41, 5.74) is 2.92. The molecule has 0 fully saturated rings. The lowest BCUT2D eigenvalue weighted by molar-refractivity contribution is -0.121. The summed E-state index contributed by atoms with van der Waals surface area (Å²) >= 11 is 4.15. The first-order valence-corrected chi connectivity index (χ1v) is 15.6. The average molecular weight is 515 g/mol. The van der Waals surface area contributed by atoms with Crippen LogP contribution in [-0.2, 0) is 10.5 Å². The van der Waals surface area contributed by atoms with Crippen LogP contribution >= 0.6 is 23.5 Å². The van der Waals surface area contributed by atoms with Crippen molar-refractivity contribution in [1.82, 2.24) is 10.2 Å². The number of carbonyl (C=O) groups is 1. The molecule has 1 aliphatic rings. The standard InChI is InChI=1S/C30H46N2OS2/c1-4-32(5-2)22-21-31-30(33)19-13-12-18-29(35-24-27-15-9-7-10-16-27)20-23-34-25-28-17-11-6-8-14-26(28)3/h6-11,14-17,26,29H,4-5,12-13,18-25H2,1-3H3,(H,31,33)/t26-,29-/m1/s1. The number of carbonyl (C=O) groups excluding carboxylic acids is 1. The molecule has 3 nitrogen and oxygen atoms in total. The van der Waals surface area contributed by atoms with E-state index in [9.17, 15) is 4.79 Å². The van der Waals surface area contributed by atoms with Gasteiger partial charge >= 0.3 is 0 Å². The minimum absolute atomic E-state index is 0.204. The van der Waals surface area contributed by atoms with Crippen LogP contribution in [0.2, 0.25) is 0 Å². The number of likely N-dealkylation sites (N-methyl/N-ethyl adjacent to an activating group) is 1. The average Bonchev–Trinajstić information content (AvgIpc) is 3.09. The first-order valence-electron chi connectivity index (χ1n) is 13.4. The highest BCUT2D eigenvalue weighted by Gasteiger charge is 2.12. The van der Waals surface area contributed by atoms with Gasteiger partial charge in [-0.15, -0.1) is 0 Å². The number of hydrogen-bond acceptors (Lipinski definition) is 4. The Labute approximate surface area is 223 Å². The maximum atomic E-state index is 12.2. The van der Waals surface area contributed by atoms with Crippen LogP contribution in [0.1, 0.15) is 58.4 Å². The maximum absolute atomic E-state index is 12.2. The van der Waals surface area contributed by atoms with E-state index in [0.717, 1.165) is 50.5 Å². The van der Waals surface area contributed by atoms with Gasteiger partial charge in [0.25, 0.3) is 0 Å². The molecular formula is C30H46N2OS2. The van der Waals surface area contributed by atoms with Crippen LogP contribution in [0.25, 0.3) is 0 Å². The molecule has 2 atom stereocenters. The first-order chi connectivity index (χ1) is 17.1. The molecule has 0 aliphatic heterocycles. The Balaban J connectivity index is 1.70. The fourth-order valence-electron chi connectivity index (χ4n) is 4.07. The topological polar surface area (TPSA) is 32.3 Å². The van der Waals surface area contributed by atoms with Gasteiger partial charge in [-0.1, -0.05) is 93.5 Å². The smallest absolute Gasteiger partial charge is 0.220 e. The lowest BCUT2D eigenvalue weighted by Gasteiger charge is -2.18. The Morgan fingerprint density at radius 3 is 2.60 bits per heavy atom. The summed E-state index contributed by atoms with van der Waals surface area (Å²) in [7, 11) is 0. The van der Waals surface area contributed by atoms with Gasteiger partial charge in [-0.2, -0.15) is 23.5 Å². The van der Waals surface area contributed by atoms with E-state index >= 15 is 0 Å². The molecule has 1 N–H and O–H groups in total. The van der Waals surface area contributed by atoms with Crippen molar-refractivity contribution in [3.8, 4) is 0 Å². The van der Waals surface area contributed by atoms with Crippen LogP contribution in [0.3, 0.4) is 0 Å². The summed E-state index contributed by atoms with van der Waals surface area (Å²) in [4.78, 5) is 14.6. The molecule has 1 aromatic rings. The summed E-state index contributed by atoms with van der Waals surface area (Å²) in [6, 6.07) is 10.8. The van der Waals surface area contributed by atoms with Crippen LogP contribution in [0.5, 0.6) is 0 Å². The van der Waals surface area contributed by atoms with Crippen LogP contribution < -0.4 is 5.32 Å². The van der Waals surface area contributed by atoms with Crippen molar-refractivity contribution in [1.29, 1.82) is 0 Å². The molecule has 0 saturated heterocycles. The number of nitrogens with one attached hydrogen (secondary N) is 1. The van der Waals surface area contributed by atoms with Crippen molar-refractivity contribution < 1.29 is 4.79 Å². The molecule has 1 aliphatic carbocycles. The van der Waals surface area contributed by atoms with E-state index < -0.39 is 0 Å². The van der Waals surface area contributed by atoms with Crippen LogP contribution in [-0.4, -0.2) is 53.7 Å². The normalized spacial score (nSPS) is 16.2. The second-order valence-corrected chi connectivity index (χ2v) is 11.6. The Morgan fingerprint density at radius 1 is 1.03 bits per heavy atom. The zero-order valence-electron chi connectivity index (χ0n) is 22.1. The van der Waals surface area contributed by atoms with Gasteiger partial charge in [-0.25, -0.2) is 0 Å². The zero-order chi connectivity index (χ0) is 25.1. The molecule has 0 saturated carbocycles. The van der Waals surface area contributed by atoms with E-state index in [1.54, 1.807) is 0 Å². The molecule has 5 heteroatoms. The van der Waals surface area contributed by atoms with Gasteiger partial charge in [0.2, 0.25) is 5.91 Å². The monoisotopic (exact) mass is 514 g/mol. The fourth-order valence-corrected chi connectivity index (χ4v) is 6.65. The lowest BCUT2D eigenvalue weighted by atomic mass is 10.0. The number of thioether (sulfide) groups is 2. The molecule has 0 heterocycles. The third-order valence-electron chi connectivity index (χ3n) is 6.52. The molecule has 194 valence electrons. The number of hydrogen-bond donors (Lipinski definition) is 1. The summed E-state index contributed by atoms with van der Waals surface area (Å²) in [6.07, 6.45) is 16.2. The van der Waals surface area contributed by atoms with Gasteiger partial charge in [0, 0.05) is 36.3 Å². The molecule has 0 radical (unpaired) electrons. The van der Waals surface area contributed by atoms with Crippen molar-refractivity contribution in [2.45, 2.75) is 63.9 Å². The van der Waals surface area contributed by atoms with Crippen molar-refractivity contribution in [3.05, 3.63) is 71.8 Å². The predicted octanol–water partition coefficient (Wildman–Crippen LogP) is 7.12. The Hall–Kier alpha value is -1.43. The highest BCUT2D eigenvalue weighted by molar-refractivity contribution is 8.00. The van der Waals surface area contributed by atoms with Crippen molar-refractivity contribution in [2.75, 3.05) is 37.7 Å². The first kappa shape index (κ1) is 29.8. The number of benzene rings is 1. The third kappa shape index (κ3) is 13.5. The van der Waals surface area contributed by atoms with Gasteiger partial charge in [0.15, 0.2) is 0 Å². The van der Waals surface area contributed by atoms with Crippen molar-refractivity contribution in [3.63, 3.8) is 0 Å². The highest BCUT2D eigenvalue weighted by atomic mass is 32.2. The molecule has 0 spiro atoms. The largest absolute Gasteiger partial charge is 0.355 e. The number of amides is 1. The summed E-state index contributed by atoms with van der Waals surface area (Å²) in [5, 5.41) is 3.74. The van der Waals surface area contributed by atoms with E-state index in [4.69, 9.17) is 0 Å². The number of rotatable bonds is 18. The fraction of sp³-hybridized carbons (Fsp3) is 0.567. The van der Waals surface area contributed by atoms with Crippen LogP contribution in [0.4, 0.5) is 0 Å². The molecule has 0 bridgehead atoms. The summed E-state index contributed by atoms with van der Waals surface area (Å²) < 4.78 is 0. The molecule has 0 aromatic heterocycles. The summed E-state index contributed by atoms with van der Waals surface area (Å²) in [5.74, 6) is 4.10. The minimum atomic E-state index is 0.204.